The molecule has 1 N–H and O–H groups in total. The molecule has 0 saturated heterocycles. The second-order valence-corrected chi connectivity index (χ2v) is 9.96. The van der Waals surface area contributed by atoms with Gasteiger partial charge in [0.2, 0.25) is 10.0 Å². The van der Waals surface area contributed by atoms with Crippen LogP contribution in [0.1, 0.15) is 50.9 Å². The van der Waals surface area contributed by atoms with Crippen LogP contribution in [0.2, 0.25) is 0 Å². The third-order valence-corrected chi connectivity index (χ3v) is 7.35. The number of esters is 1. The zero-order valence-corrected chi connectivity index (χ0v) is 20.0. The number of ether oxygens (including phenoxy) is 1. The Morgan fingerprint density at radius 2 is 1.47 bits per heavy atom. The average Bonchev–Trinajstić information content (AvgIpc) is 3.03. The SMILES string of the molecule is CCOC(=O)c1[nH]c(C)c(CN(Cc2ccc(C)cc2)S(=O)(=O)c2ccc(C)cc2)c1C. The van der Waals surface area contributed by atoms with Crippen LogP contribution in [0.5, 0.6) is 0 Å². The third-order valence-electron chi connectivity index (χ3n) is 5.55. The molecule has 1 aromatic heterocycles. The number of hydrogen-bond donors (Lipinski definition) is 1. The van der Waals surface area contributed by atoms with E-state index in [9.17, 15) is 13.2 Å². The summed E-state index contributed by atoms with van der Waals surface area (Å²) in [6, 6.07) is 14.7. The van der Waals surface area contributed by atoms with E-state index in [1.165, 1.54) is 4.31 Å². The van der Waals surface area contributed by atoms with Crippen molar-refractivity contribution in [1.82, 2.24) is 9.29 Å². The molecule has 0 radical (unpaired) electrons. The molecule has 0 bridgehead atoms. The smallest absolute Gasteiger partial charge is 0.355 e. The summed E-state index contributed by atoms with van der Waals surface area (Å²) in [7, 11) is -3.78. The number of nitrogens with zero attached hydrogens (tertiary/aromatic N) is 1. The fraction of sp³-hybridized carbons (Fsp3) is 0.320. The number of rotatable bonds is 8. The van der Waals surface area contributed by atoms with Gasteiger partial charge in [-0.05, 0) is 63.4 Å². The van der Waals surface area contributed by atoms with Crippen molar-refractivity contribution in [3.05, 3.63) is 87.7 Å². The van der Waals surface area contributed by atoms with Crippen molar-refractivity contribution < 1.29 is 17.9 Å². The lowest BCUT2D eigenvalue weighted by Gasteiger charge is -2.23. The first kappa shape index (κ1) is 23.8. The van der Waals surface area contributed by atoms with E-state index in [2.05, 4.69) is 4.98 Å². The highest BCUT2D eigenvalue weighted by Gasteiger charge is 2.28. The van der Waals surface area contributed by atoms with Gasteiger partial charge in [0.25, 0.3) is 0 Å². The number of benzene rings is 2. The van der Waals surface area contributed by atoms with Gasteiger partial charge in [-0.25, -0.2) is 13.2 Å². The van der Waals surface area contributed by atoms with E-state index >= 15 is 0 Å². The Balaban J connectivity index is 2.02. The van der Waals surface area contributed by atoms with Crippen molar-refractivity contribution >= 4 is 16.0 Å². The van der Waals surface area contributed by atoms with Crippen molar-refractivity contribution in [2.45, 2.75) is 52.6 Å². The lowest BCUT2D eigenvalue weighted by Crippen LogP contribution is -2.30. The van der Waals surface area contributed by atoms with Crippen LogP contribution in [0.25, 0.3) is 0 Å². The van der Waals surface area contributed by atoms with Crippen LogP contribution in [-0.2, 0) is 27.8 Å². The standard InChI is InChI=1S/C25H30N2O4S/c1-6-31-25(28)24-19(4)23(20(5)26-24)16-27(15-21-11-7-17(2)8-12-21)32(29,30)22-13-9-18(3)10-14-22/h7-14,26H,6,15-16H2,1-5H3. The van der Waals surface area contributed by atoms with Crippen molar-refractivity contribution in [3.8, 4) is 0 Å². The number of nitrogens with one attached hydrogen (secondary N) is 1. The largest absolute Gasteiger partial charge is 0.461 e. The molecular formula is C25H30N2O4S. The molecule has 0 amide bonds. The van der Waals surface area contributed by atoms with Gasteiger partial charge in [-0.2, -0.15) is 4.31 Å². The van der Waals surface area contributed by atoms with Gasteiger partial charge >= 0.3 is 5.97 Å². The lowest BCUT2D eigenvalue weighted by atomic mass is 10.1. The molecule has 170 valence electrons. The summed E-state index contributed by atoms with van der Waals surface area (Å²) in [4.78, 5) is 15.6. The first-order valence-electron chi connectivity index (χ1n) is 10.6. The van der Waals surface area contributed by atoms with Gasteiger partial charge in [-0.1, -0.05) is 47.5 Å². The van der Waals surface area contributed by atoms with E-state index in [1.54, 1.807) is 31.2 Å². The number of aryl methyl sites for hydroxylation is 3. The summed E-state index contributed by atoms with van der Waals surface area (Å²) in [5.74, 6) is -0.439. The minimum atomic E-state index is -3.78. The Kier molecular flexibility index (Phi) is 7.21. The number of hydrogen-bond acceptors (Lipinski definition) is 4. The van der Waals surface area contributed by atoms with Crippen LogP contribution < -0.4 is 0 Å². The van der Waals surface area contributed by atoms with Crippen molar-refractivity contribution in [2.75, 3.05) is 6.61 Å². The van der Waals surface area contributed by atoms with Crippen LogP contribution >= 0.6 is 0 Å². The number of carbonyl (C=O) groups is 1. The highest BCUT2D eigenvalue weighted by molar-refractivity contribution is 7.89. The van der Waals surface area contributed by atoms with Crippen LogP contribution in [0.4, 0.5) is 0 Å². The Hall–Kier alpha value is -2.90. The maximum atomic E-state index is 13.6. The summed E-state index contributed by atoms with van der Waals surface area (Å²) >= 11 is 0. The highest BCUT2D eigenvalue weighted by atomic mass is 32.2. The van der Waals surface area contributed by atoms with Crippen molar-refractivity contribution in [1.29, 1.82) is 0 Å². The molecular weight excluding hydrogens is 424 g/mol. The molecule has 0 aliphatic carbocycles. The normalized spacial score (nSPS) is 11.7. The average molecular weight is 455 g/mol. The first-order valence-corrected chi connectivity index (χ1v) is 12.0. The molecule has 32 heavy (non-hydrogen) atoms. The topological polar surface area (TPSA) is 79.5 Å². The maximum Gasteiger partial charge on any atom is 0.355 e. The molecule has 0 atom stereocenters. The van der Waals surface area contributed by atoms with Gasteiger partial charge in [0, 0.05) is 18.8 Å². The van der Waals surface area contributed by atoms with Crippen molar-refractivity contribution in [2.24, 2.45) is 0 Å². The Morgan fingerprint density at radius 1 is 0.906 bits per heavy atom. The van der Waals surface area contributed by atoms with Gasteiger partial charge in [0.05, 0.1) is 11.5 Å². The summed E-state index contributed by atoms with van der Waals surface area (Å²) in [5, 5.41) is 0. The van der Waals surface area contributed by atoms with E-state index in [1.807, 2.05) is 52.0 Å². The Bertz CT molecular complexity index is 1190. The minimum absolute atomic E-state index is 0.137. The fourth-order valence-corrected chi connectivity index (χ4v) is 4.99. The molecule has 0 unspecified atom stereocenters. The van der Waals surface area contributed by atoms with Crippen LogP contribution in [0.15, 0.2) is 53.4 Å². The second-order valence-electron chi connectivity index (χ2n) is 8.02. The monoisotopic (exact) mass is 454 g/mol. The molecule has 2 aromatic carbocycles. The second kappa shape index (κ2) is 9.71. The fourth-order valence-electron chi connectivity index (χ4n) is 3.59. The Labute approximate surface area is 190 Å². The molecule has 0 aliphatic rings. The highest BCUT2D eigenvalue weighted by Crippen LogP contribution is 2.26. The number of aromatic nitrogens is 1. The summed E-state index contributed by atoms with van der Waals surface area (Å²) in [6.07, 6.45) is 0. The molecule has 3 aromatic rings. The molecule has 0 saturated carbocycles. The summed E-state index contributed by atoms with van der Waals surface area (Å²) < 4.78 is 33.8. The minimum Gasteiger partial charge on any atom is -0.461 e. The summed E-state index contributed by atoms with van der Waals surface area (Å²) in [5.41, 5.74) is 5.58. The third kappa shape index (κ3) is 5.11. The number of H-pyrrole nitrogens is 1. The van der Waals surface area contributed by atoms with Crippen LogP contribution in [-0.4, -0.2) is 30.3 Å². The van der Waals surface area contributed by atoms with Crippen molar-refractivity contribution in [3.63, 3.8) is 0 Å². The van der Waals surface area contributed by atoms with Gasteiger partial charge in [0.1, 0.15) is 5.69 Å². The molecule has 0 fully saturated rings. The van der Waals surface area contributed by atoms with Gasteiger partial charge in [-0.15, -0.1) is 0 Å². The quantitative estimate of drug-likeness (QED) is 0.495. The predicted octanol–water partition coefficient (Wildman–Crippen LogP) is 4.82. The maximum absolute atomic E-state index is 13.6. The van der Waals surface area contributed by atoms with Crippen LogP contribution in [0.3, 0.4) is 0 Å². The summed E-state index contributed by atoms with van der Waals surface area (Å²) in [6.45, 7) is 9.95. The molecule has 0 aliphatic heterocycles. The number of carbonyl (C=O) groups excluding carboxylic acids is 1. The lowest BCUT2D eigenvalue weighted by molar-refractivity contribution is 0.0519. The van der Waals surface area contributed by atoms with Gasteiger partial charge in [0.15, 0.2) is 0 Å². The van der Waals surface area contributed by atoms with E-state index in [-0.39, 0.29) is 24.6 Å². The number of aromatic amines is 1. The Morgan fingerprint density at radius 3 is 2.03 bits per heavy atom. The molecule has 7 heteroatoms. The zero-order valence-electron chi connectivity index (χ0n) is 19.2. The van der Waals surface area contributed by atoms with Gasteiger partial charge < -0.3 is 9.72 Å². The molecule has 6 nitrogen and oxygen atoms in total. The van der Waals surface area contributed by atoms with Crippen LogP contribution in [0, 0.1) is 27.7 Å². The number of sulfonamides is 1. The molecule has 1 heterocycles. The molecule has 0 spiro atoms. The molecule has 3 rings (SSSR count). The van der Waals surface area contributed by atoms with E-state index in [0.717, 1.165) is 27.9 Å². The van der Waals surface area contributed by atoms with E-state index < -0.39 is 16.0 Å². The van der Waals surface area contributed by atoms with E-state index in [4.69, 9.17) is 4.74 Å². The zero-order chi connectivity index (χ0) is 23.5. The first-order chi connectivity index (χ1) is 15.1. The van der Waals surface area contributed by atoms with Gasteiger partial charge in [-0.3, -0.25) is 0 Å². The van der Waals surface area contributed by atoms with E-state index in [0.29, 0.717) is 11.3 Å². The predicted molar refractivity (Wildman–Crippen MR) is 125 cm³/mol.